The van der Waals surface area contributed by atoms with Crippen LogP contribution in [0.2, 0.25) is 5.02 Å². The second-order valence-corrected chi connectivity index (χ2v) is 7.30. The molecule has 3 rings (SSSR count). The highest BCUT2D eigenvalue weighted by atomic mass is 35.5. The third kappa shape index (κ3) is 3.84. The van der Waals surface area contributed by atoms with Crippen LogP contribution in [-0.2, 0) is 11.3 Å². The van der Waals surface area contributed by atoms with Crippen LogP contribution in [0.25, 0.3) is 10.2 Å². The van der Waals surface area contributed by atoms with Gasteiger partial charge in [0.25, 0.3) is 5.91 Å². The summed E-state index contributed by atoms with van der Waals surface area (Å²) < 4.78 is 8.42. The number of rotatable bonds is 4. The number of benzene rings is 2. The molecule has 0 aliphatic heterocycles. The number of methoxy groups -OCH3 is 1. The molecule has 0 unspecified atom stereocenters. The van der Waals surface area contributed by atoms with E-state index in [2.05, 4.69) is 35.5 Å². The first kappa shape index (κ1) is 17.9. The monoisotopic (exact) mass is 374 g/mol. The van der Waals surface area contributed by atoms with Crippen molar-refractivity contribution >= 4 is 39.1 Å². The molecule has 6 heteroatoms. The van der Waals surface area contributed by atoms with Gasteiger partial charge in [-0.25, -0.2) is 0 Å². The predicted octanol–water partition coefficient (Wildman–Crippen LogP) is 4.36. The van der Waals surface area contributed by atoms with Gasteiger partial charge in [-0.3, -0.25) is 4.79 Å². The van der Waals surface area contributed by atoms with Gasteiger partial charge in [-0.05, 0) is 55.3 Å². The highest BCUT2D eigenvalue weighted by Crippen LogP contribution is 2.23. The molecular weight excluding hydrogens is 356 g/mol. The average molecular weight is 375 g/mol. The molecule has 0 atom stereocenters. The van der Waals surface area contributed by atoms with Crippen molar-refractivity contribution in [3.8, 4) is 0 Å². The fourth-order valence-corrected chi connectivity index (χ4v) is 3.97. The van der Waals surface area contributed by atoms with Crippen molar-refractivity contribution in [3.05, 3.63) is 62.9 Å². The van der Waals surface area contributed by atoms with Crippen molar-refractivity contribution in [2.75, 3.05) is 13.7 Å². The molecule has 0 saturated heterocycles. The number of amides is 1. The molecule has 0 radical (unpaired) electrons. The second kappa shape index (κ2) is 7.52. The van der Waals surface area contributed by atoms with Crippen LogP contribution in [0.5, 0.6) is 0 Å². The lowest BCUT2D eigenvalue weighted by Gasteiger charge is -2.06. The van der Waals surface area contributed by atoms with Crippen molar-refractivity contribution in [3.63, 3.8) is 0 Å². The van der Waals surface area contributed by atoms with Crippen LogP contribution in [-0.4, -0.2) is 24.2 Å². The van der Waals surface area contributed by atoms with Gasteiger partial charge in [0.05, 0.1) is 16.8 Å². The van der Waals surface area contributed by atoms with E-state index >= 15 is 0 Å². The number of nitrogens with zero attached hydrogens (tertiary/aromatic N) is 2. The van der Waals surface area contributed by atoms with Crippen LogP contribution in [0.15, 0.2) is 41.4 Å². The molecule has 0 fully saturated rings. The van der Waals surface area contributed by atoms with Crippen LogP contribution in [0.3, 0.4) is 0 Å². The number of aryl methyl sites for hydroxylation is 2. The normalized spacial score (nSPS) is 12.1. The van der Waals surface area contributed by atoms with Gasteiger partial charge < -0.3 is 9.30 Å². The standard InChI is InChI=1S/C19H19ClN2O2S/c1-12-10-13(2)17-16(11-12)22(8-9-24-3)19(25-17)21-18(23)14-4-6-15(20)7-5-14/h4-7,10-11H,8-9H2,1-3H3. The van der Waals surface area contributed by atoms with E-state index in [1.165, 1.54) is 22.5 Å². The summed E-state index contributed by atoms with van der Waals surface area (Å²) in [7, 11) is 1.67. The molecule has 0 aliphatic carbocycles. The largest absolute Gasteiger partial charge is 0.383 e. The third-order valence-corrected chi connectivity index (χ3v) is 5.40. The van der Waals surface area contributed by atoms with Gasteiger partial charge in [-0.2, -0.15) is 4.99 Å². The Balaban J connectivity index is 2.15. The van der Waals surface area contributed by atoms with Crippen molar-refractivity contribution in [1.29, 1.82) is 0 Å². The molecule has 2 aromatic carbocycles. The second-order valence-electron chi connectivity index (χ2n) is 5.88. The quantitative estimate of drug-likeness (QED) is 0.681. The van der Waals surface area contributed by atoms with Gasteiger partial charge in [0.15, 0.2) is 4.80 Å². The summed E-state index contributed by atoms with van der Waals surface area (Å²) in [6.45, 7) is 5.35. The Morgan fingerprint density at radius 2 is 1.96 bits per heavy atom. The summed E-state index contributed by atoms with van der Waals surface area (Å²) in [6.07, 6.45) is 0. The minimum absolute atomic E-state index is 0.274. The minimum Gasteiger partial charge on any atom is -0.383 e. The van der Waals surface area contributed by atoms with Crippen LogP contribution < -0.4 is 4.80 Å². The average Bonchev–Trinajstić information content (AvgIpc) is 2.91. The Bertz CT molecular complexity index is 987. The highest BCUT2D eigenvalue weighted by molar-refractivity contribution is 7.16. The number of thiazole rings is 1. The minimum atomic E-state index is -0.274. The maximum atomic E-state index is 12.5. The first-order valence-corrected chi connectivity index (χ1v) is 9.13. The summed E-state index contributed by atoms with van der Waals surface area (Å²) in [6, 6.07) is 11.0. The molecular formula is C19H19ClN2O2S. The smallest absolute Gasteiger partial charge is 0.279 e. The number of hydrogen-bond donors (Lipinski definition) is 0. The van der Waals surface area contributed by atoms with Gasteiger partial charge in [0.1, 0.15) is 0 Å². The number of hydrogen-bond acceptors (Lipinski definition) is 3. The molecule has 0 bridgehead atoms. The lowest BCUT2D eigenvalue weighted by atomic mass is 10.1. The molecule has 0 spiro atoms. The summed E-state index contributed by atoms with van der Waals surface area (Å²) in [5.74, 6) is -0.274. The van der Waals surface area contributed by atoms with Gasteiger partial charge in [-0.1, -0.05) is 29.0 Å². The summed E-state index contributed by atoms with van der Waals surface area (Å²) in [4.78, 5) is 17.6. The Kier molecular flexibility index (Phi) is 5.37. The fourth-order valence-electron chi connectivity index (χ4n) is 2.74. The van der Waals surface area contributed by atoms with Crippen molar-refractivity contribution in [2.24, 2.45) is 4.99 Å². The number of carbonyl (C=O) groups excluding carboxylic acids is 1. The first-order valence-electron chi connectivity index (χ1n) is 7.94. The maximum Gasteiger partial charge on any atom is 0.279 e. The van der Waals surface area contributed by atoms with Crippen molar-refractivity contribution in [1.82, 2.24) is 4.57 Å². The maximum absolute atomic E-state index is 12.5. The zero-order valence-electron chi connectivity index (χ0n) is 14.4. The third-order valence-electron chi connectivity index (χ3n) is 3.92. The van der Waals surface area contributed by atoms with E-state index in [0.29, 0.717) is 28.5 Å². The van der Waals surface area contributed by atoms with E-state index < -0.39 is 0 Å². The Morgan fingerprint density at radius 1 is 1.24 bits per heavy atom. The van der Waals surface area contributed by atoms with E-state index in [4.69, 9.17) is 16.3 Å². The summed E-state index contributed by atoms with van der Waals surface area (Å²) in [5.41, 5.74) is 3.98. The summed E-state index contributed by atoms with van der Waals surface area (Å²) >= 11 is 7.42. The molecule has 3 aromatic rings. The predicted molar refractivity (Wildman–Crippen MR) is 103 cm³/mol. The molecule has 1 amide bonds. The van der Waals surface area contributed by atoms with E-state index in [0.717, 1.165) is 10.2 Å². The highest BCUT2D eigenvalue weighted by Gasteiger charge is 2.11. The molecule has 0 N–H and O–H groups in total. The van der Waals surface area contributed by atoms with Crippen LogP contribution in [0, 0.1) is 13.8 Å². The topological polar surface area (TPSA) is 43.6 Å². The Morgan fingerprint density at radius 3 is 2.64 bits per heavy atom. The SMILES string of the molecule is COCCn1c(=NC(=O)c2ccc(Cl)cc2)sc2c(C)cc(C)cc21. The van der Waals surface area contributed by atoms with Crippen LogP contribution in [0.4, 0.5) is 0 Å². The molecule has 0 saturated carbocycles. The lowest BCUT2D eigenvalue weighted by Crippen LogP contribution is -2.19. The number of halogens is 1. The van der Waals surface area contributed by atoms with Gasteiger partial charge in [0.2, 0.25) is 0 Å². The van der Waals surface area contributed by atoms with E-state index in [1.54, 1.807) is 31.4 Å². The van der Waals surface area contributed by atoms with E-state index in [-0.39, 0.29) is 5.91 Å². The van der Waals surface area contributed by atoms with E-state index in [1.807, 2.05) is 0 Å². The van der Waals surface area contributed by atoms with Gasteiger partial charge >= 0.3 is 0 Å². The molecule has 4 nitrogen and oxygen atoms in total. The molecule has 25 heavy (non-hydrogen) atoms. The van der Waals surface area contributed by atoms with Crippen LogP contribution >= 0.6 is 22.9 Å². The lowest BCUT2D eigenvalue weighted by molar-refractivity contribution is 0.0997. The van der Waals surface area contributed by atoms with Gasteiger partial charge in [-0.15, -0.1) is 0 Å². The molecule has 130 valence electrons. The molecule has 0 aliphatic rings. The number of fused-ring (bicyclic) bond motifs is 1. The first-order chi connectivity index (χ1) is 12.0. The Labute approximate surface area is 155 Å². The van der Waals surface area contributed by atoms with E-state index in [9.17, 15) is 4.79 Å². The zero-order valence-corrected chi connectivity index (χ0v) is 15.9. The number of ether oxygens (including phenoxy) is 1. The Hall–Kier alpha value is -1.95. The van der Waals surface area contributed by atoms with Crippen molar-refractivity contribution < 1.29 is 9.53 Å². The number of carbonyl (C=O) groups is 1. The van der Waals surface area contributed by atoms with Gasteiger partial charge in [0, 0.05) is 24.2 Å². The summed E-state index contributed by atoms with van der Waals surface area (Å²) in [5, 5.41) is 0.597. The zero-order chi connectivity index (χ0) is 18.0. The van der Waals surface area contributed by atoms with Crippen LogP contribution in [0.1, 0.15) is 21.5 Å². The molecule has 1 heterocycles. The fraction of sp³-hybridized carbons (Fsp3) is 0.263. The number of aromatic nitrogens is 1. The molecule has 1 aromatic heterocycles. The van der Waals surface area contributed by atoms with Crippen molar-refractivity contribution in [2.45, 2.75) is 20.4 Å².